The van der Waals surface area contributed by atoms with E-state index in [1.165, 1.54) is 0 Å². The van der Waals surface area contributed by atoms with Crippen molar-refractivity contribution in [3.05, 3.63) is 40.7 Å². The van der Waals surface area contributed by atoms with Gasteiger partial charge in [0.2, 0.25) is 0 Å². The van der Waals surface area contributed by atoms with Crippen LogP contribution in [-0.4, -0.2) is 18.3 Å². The Bertz CT molecular complexity index is 571. The molecule has 0 amide bonds. The van der Waals surface area contributed by atoms with Crippen LogP contribution in [0.15, 0.2) is 28.9 Å². The summed E-state index contributed by atoms with van der Waals surface area (Å²) in [4.78, 5) is 0. The van der Waals surface area contributed by atoms with Crippen molar-refractivity contribution in [2.75, 3.05) is 7.11 Å². The Kier molecular flexibility index (Phi) is 5.47. The second-order valence-electron chi connectivity index (χ2n) is 4.91. The van der Waals surface area contributed by atoms with Gasteiger partial charge >= 0.3 is 0 Å². The maximum Gasteiger partial charge on any atom is 0.180 e. The molecule has 0 unspecified atom stereocenters. The molecule has 1 N–H and O–H groups in total. The van der Waals surface area contributed by atoms with Gasteiger partial charge in [-0.2, -0.15) is 0 Å². The molecule has 114 valence electrons. The van der Waals surface area contributed by atoms with Crippen molar-refractivity contribution >= 4 is 11.6 Å². The van der Waals surface area contributed by atoms with Gasteiger partial charge in [-0.1, -0.05) is 30.6 Å². The molecule has 5 nitrogen and oxygen atoms in total. The number of ether oxygens (including phenoxy) is 2. The molecule has 0 bridgehead atoms. The van der Waals surface area contributed by atoms with E-state index in [2.05, 4.69) is 24.3 Å². The highest BCUT2D eigenvalue weighted by Gasteiger charge is 2.13. The fourth-order valence-electron chi connectivity index (χ4n) is 1.80. The minimum absolute atomic E-state index is 0.250. The molecule has 0 saturated heterocycles. The standard InChI is InChI=1S/C15H19ClN2O3/c1-10(2)17-8-11-6-13(16)15(14(7-11)19-3)20-9-12-4-5-18-21-12/h4-7,10,17H,8-9H2,1-3H3. The minimum Gasteiger partial charge on any atom is -0.493 e. The molecule has 2 rings (SSSR count). The molecule has 0 aliphatic rings. The van der Waals surface area contributed by atoms with Crippen LogP contribution < -0.4 is 14.8 Å². The van der Waals surface area contributed by atoms with Crippen LogP contribution in [0.25, 0.3) is 0 Å². The van der Waals surface area contributed by atoms with E-state index in [1.807, 2.05) is 12.1 Å². The maximum absolute atomic E-state index is 6.29. The zero-order chi connectivity index (χ0) is 15.2. The summed E-state index contributed by atoms with van der Waals surface area (Å²) in [5, 5.41) is 7.47. The lowest BCUT2D eigenvalue weighted by atomic mass is 10.2. The van der Waals surface area contributed by atoms with E-state index in [-0.39, 0.29) is 6.61 Å². The second-order valence-corrected chi connectivity index (χ2v) is 5.32. The first kappa shape index (κ1) is 15.7. The molecule has 21 heavy (non-hydrogen) atoms. The number of nitrogens with one attached hydrogen (secondary N) is 1. The van der Waals surface area contributed by atoms with Crippen molar-refractivity contribution in [3.8, 4) is 11.5 Å². The highest BCUT2D eigenvalue weighted by molar-refractivity contribution is 6.32. The molecule has 0 aliphatic heterocycles. The van der Waals surface area contributed by atoms with Crippen molar-refractivity contribution in [1.82, 2.24) is 10.5 Å². The number of methoxy groups -OCH3 is 1. The van der Waals surface area contributed by atoms with Gasteiger partial charge in [0.05, 0.1) is 18.3 Å². The van der Waals surface area contributed by atoms with Crippen molar-refractivity contribution in [3.63, 3.8) is 0 Å². The smallest absolute Gasteiger partial charge is 0.180 e. The van der Waals surface area contributed by atoms with Crippen molar-refractivity contribution in [1.29, 1.82) is 0 Å². The highest BCUT2D eigenvalue weighted by Crippen LogP contribution is 2.37. The normalized spacial score (nSPS) is 10.9. The van der Waals surface area contributed by atoms with Gasteiger partial charge in [-0.05, 0) is 17.7 Å². The molecule has 2 aromatic rings. The van der Waals surface area contributed by atoms with Crippen LogP contribution in [-0.2, 0) is 13.2 Å². The van der Waals surface area contributed by atoms with Crippen LogP contribution in [0.5, 0.6) is 11.5 Å². The Hall–Kier alpha value is -1.72. The minimum atomic E-state index is 0.250. The first-order chi connectivity index (χ1) is 10.1. The van der Waals surface area contributed by atoms with Gasteiger partial charge in [-0.25, -0.2) is 0 Å². The van der Waals surface area contributed by atoms with Crippen LogP contribution in [0.3, 0.4) is 0 Å². The molecular weight excluding hydrogens is 292 g/mol. The summed E-state index contributed by atoms with van der Waals surface area (Å²) < 4.78 is 16.0. The van der Waals surface area contributed by atoms with Crippen molar-refractivity contribution < 1.29 is 14.0 Å². The number of hydrogen-bond donors (Lipinski definition) is 1. The fraction of sp³-hybridized carbons (Fsp3) is 0.400. The average Bonchev–Trinajstić information content (AvgIpc) is 2.96. The Labute approximate surface area is 129 Å². The predicted molar refractivity (Wildman–Crippen MR) is 80.8 cm³/mol. The number of halogens is 1. The van der Waals surface area contributed by atoms with Crippen LogP contribution in [0.2, 0.25) is 5.02 Å². The fourth-order valence-corrected chi connectivity index (χ4v) is 2.09. The number of aromatic nitrogens is 1. The largest absolute Gasteiger partial charge is 0.493 e. The number of hydrogen-bond acceptors (Lipinski definition) is 5. The van der Waals surface area contributed by atoms with E-state index in [1.54, 1.807) is 19.4 Å². The molecular formula is C15H19ClN2O3. The van der Waals surface area contributed by atoms with Gasteiger partial charge in [0, 0.05) is 18.7 Å². The number of benzene rings is 1. The summed E-state index contributed by atoms with van der Waals surface area (Å²) in [5.74, 6) is 1.73. The van der Waals surface area contributed by atoms with E-state index in [9.17, 15) is 0 Å². The van der Waals surface area contributed by atoms with Crippen LogP contribution in [0.1, 0.15) is 25.2 Å². The first-order valence-electron chi connectivity index (χ1n) is 6.72. The summed E-state index contributed by atoms with van der Waals surface area (Å²) in [6.07, 6.45) is 1.57. The molecule has 0 fully saturated rings. The summed E-state index contributed by atoms with van der Waals surface area (Å²) in [7, 11) is 1.59. The molecule has 0 spiro atoms. The Morgan fingerprint density at radius 2 is 2.19 bits per heavy atom. The van der Waals surface area contributed by atoms with Crippen LogP contribution in [0.4, 0.5) is 0 Å². The molecule has 6 heteroatoms. The second kappa shape index (κ2) is 7.33. The Balaban J connectivity index is 2.12. The van der Waals surface area contributed by atoms with Gasteiger partial charge in [0.1, 0.15) is 6.61 Å². The van der Waals surface area contributed by atoms with E-state index in [4.69, 9.17) is 25.6 Å². The molecule has 0 aliphatic carbocycles. The van der Waals surface area contributed by atoms with Gasteiger partial charge in [-0.3, -0.25) is 0 Å². The lowest BCUT2D eigenvalue weighted by Crippen LogP contribution is -2.21. The predicted octanol–water partition coefficient (Wildman–Crippen LogP) is 3.41. The van der Waals surface area contributed by atoms with Gasteiger partial charge in [-0.15, -0.1) is 0 Å². The number of nitrogens with zero attached hydrogens (tertiary/aromatic N) is 1. The molecule has 0 saturated carbocycles. The Morgan fingerprint density at radius 1 is 1.38 bits per heavy atom. The van der Waals surface area contributed by atoms with E-state index >= 15 is 0 Å². The molecule has 0 radical (unpaired) electrons. The van der Waals surface area contributed by atoms with Gasteiger partial charge in [0.25, 0.3) is 0 Å². The number of rotatable bonds is 7. The summed E-state index contributed by atoms with van der Waals surface area (Å²) in [6.45, 7) is 5.15. The third kappa shape index (κ3) is 4.37. The zero-order valence-corrected chi connectivity index (χ0v) is 13.1. The lowest BCUT2D eigenvalue weighted by molar-refractivity contribution is 0.239. The van der Waals surface area contributed by atoms with E-state index in [0.29, 0.717) is 28.3 Å². The monoisotopic (exact) mass is 310 g/mol. The third-order valence-corrected chi connectivity index (χ3v) is 3.13. The zero-order valence-electron chi connectivity index (χ0n) is 12.4. The third-order valence-electron chi connectivity index (χ3n) is 2.85. The van der Waals surface area contributed by atoms with Gasteiger partial charge < -0.3 is 19.3 Å². The average molecular weight is 311 g/mol. The molecule has 0 atom stereocenters. The Morgan fingerprint density at radius 3 is 2.81 bits per heavy atom. The van der Waals surface area contributed by atoms with E-state index < -0.39 is 0 Å². The highest BCUT2D eigenvalue weighted by atomic mass is 35.5. The molecule has 1 aromatic heterocycles. The topological polar surface area (TPSA) is 56.5 Å². The first-order valence-corrected chi connectivity index (χ1v) is 7.10. The quantitative estimate of drug-likeness (QED) is 0.849. The summed E-state index contributed by atoms with van der Waals surface area (Å²) in [5.41, 5.74) is 1.04. The SMILES string of the molecule is COc1cc(CNC(C)C)cc(Cl)c1OCc1ccno1. The summed E-state index contributed by atoms with van der Waals surface area (Å²) in [6, 6.07) is 5.92. The van der Waals surface area contributed by atoms with Crippen molar-refractivity contribution in [2.45, 2.75) is 33.0 Å². The van der Waals surface area contributed by atoms with Gasteiger partial charge in [0.15, 0.2) is 17.3 Å². The summed E-state index contributed by atoms with van der Waals surface area (Å²) >= 11 is 6.29. The lowest BCUT2D eigenvalue weighted by Gasteiger charge is -2.14. The van der Waals surface area contributed by atoms with Crippen LogP contribution >= 0.6 is 11.6 Å². The molecule has 1 aromatic carbocycles. The molecule has 1 heterocycles. The maximum atomic E-state index is 6.29. The van der Waals surface area contributed by atoms with Crippen molar-refractivity contribution in [2.24, 2.45) is 0 Å². The van der Waals surface area contributed by atoms with Crippen LogP contribution in [0, 0.1) is 0 Å². The van der Waals surface area contributed by atoms with E-state index in [0.717, 1.165) is 12.1 Å².